The summed E-state index contributed by atoms with van der Waals surface area (Å²) in [6.07, 6.45) is 4.18. The topological polar surface area (TPSA) is 78.5 Å². The fraction of sp³-hybridized carbons (Fsp3) is 0.500. The first-order valence-electron chi connectivity index (χ1n) is 8.57. The molecule has 2 fully saturated rings. The third-order valence-corrected chi connectivity index (χ3v) is 5.97. The van der Waals surface area contributed by atoms with Crippen LogP contribution in [-0.2, 0) is 9.59 Å². The molecule has 1 aromatic carbocycles. The van der Waals surface area contributed by atoms with Crippen molar-refractivity contribution in [2.75, 3.05) is 5.75 Å². The van der Waals surface area contributed by atoms with Crippen molar-refractivity contribution in [3.63, 3.8) is 0 Å². The van der Waals surface area contributed by atoms with Gasteiger partial charge in [-0.25, -0.2) is 4.79 Å². The number of thioether (sulfide) groups is 1. The van der Waals surface area contributed by atoms with Gasteiger partial charge < -0.3 is 5.32 Å². The van der Waals surface area contributed by atoms with Gasteiger partial charge in [0.25, 0.3) is 5.91 Å². The summed E-state index contributed by atoms with van der Waals surface area (Å²) in [6, 6.07) is 5.53. The van der Waals surface area contributed by atoms with E-state index in [0.717, 1.165) is 40.3 Å². The molecule has 4 amide bonds. The fourth-order valence-electron chi connectivity index (χ4n) is 3.38. The lowest BCUT2D eigenvalue weighted by Crippen LogP contribution is -2.51. The van der Waals surface area contributed by atoms with Crippen LogP contribution in [-0.4, -0.2) is 34.1 Å². The number of nitrogens with zero attached hydrogens (tertiary/aromatic N) is 1. The lowest BCUT2D eigenvalue weighted by Gasteiger charge is -2.30. The second kappa shape index (κ2) is 7.07. The highest BCUT2D eigenvalue weighted by Gasteiger charge is 2.52. The molecule has 0 bridgehead atoms. The van der Waals surface area contributed by atoms with Crippen molar-refractivity contribution >= 4 is 29.6 Å². The zero-order valence-electron chi connectivity index (χ0n) is 14.6. The average Bonchev–Trinajstić information content (AvgIpc) is 2.80. The van der Waals surface area contributed by atoms with Gasteiger partial charge in [0.1, 0.15) is 5.54 Å². The summed E-state index contributed by atoms with van der Waals surface area (Å²) in [5.74, 6) is -0.543. The molecule has 2 N–H and O–H groups in total. The van der Waals surface area contributed by atoms with Crippen LogP contribution in [0.5, 0.6) is 0 Å². The summed E-state index contributed by atoms with van der Waals surface area (Å²) in [4.78, 5) is 38.0. The van der Waals surface area contributed by atoms with Crippen LogP contribution in [0.2, 0.25) is 0 Å². The number of nitrogens with one attached hydrogen (secondary N) is 2. The molecule has 0 radical (unpaired) electrons. The van der Waals surface area contributed by atoms with E-state index in [2.05, 4.69) is 10.7 Å². The molecule has 1 aliphatic heterocycles. The van der Waals surface area contributed by atoms with Crippen molar-refractivity contribution in [3.8, 4) is 0 Å². The van der Waals surface area contributed by atoms with Gasteiger partial charge in [-0.1, -0.05) is 37.0 Å². The second-order valence-electron chi connectivity index (χ2n) is 6.81. The maximum absolute atomic E-state index is 12.6. The largest absolute Gasteiger partial charge is 0.344 e. The molecule has 1 heterocycles. The molecule has 2 aliphatic rings. The smallest absolute Gasteiger partial charge is 0.322 e. The van der Waals surface area contributed by atoms with E-state index in [-0.39, 0.29) is 17.6 Å². The van der Waals surface area contributed by atoms with Crippen LogP contribution in [0.3, 0.4) is 0 Å². The van der Waals surface area contributed by atoms with Gasteiger partial charge in [0, 0.05) is 4.90 Å². The van der Waals surface area contributed by atoms with E-state index < -0.39 is 11.6 Å². The summed E-state index contributed by atoms with van der Waals surface area (Å²) in [7, 11) is 0. The quantitative estimate of drug-likeness (QED) is 0.638. The van der Waals surface area contributed by atoms with Gasteiger partial charge in [-0.15, -0.1) is 11.8 Å². The zero-order chi connectivity index (χ0) is 18.0. The number of carbonyl (C=O) groups is 3. The average molecular weight is 361 g/mol. The number of imide groups is 1. The number of benzene rings is 1. The van der Waals surface area contributed by atoms with E-state index >= 15 is 0 Å². The molecule has 3 rings (SSSR count). The van der Waals surface area contributed by atoms with Gasteiger partial charge in [-0.05, 0) is 38.3 Å². The Hall–Kier alpha value is -2.02. The van der Waals surface area contributed by atoms with E-state index in [4.69, 9.17) is 0 Å². The minimum absolute atomic E-state index is 0.147. The molecule has 1 saturated heterocycles. The number of amides is 4. The molecular formula is C18H23N3O3S. The minimum atomic E-state index is -0.817. The predicted molar refractivity (Wildman–Crippen MR) is 96.0 cm³/mol. The molecule has 1 saturated carbocycles. The molecule has 0 aromatic heterocycles. The molecule has 0 unspecified atom stereocenters. The summed E-state index contributed by atoms with van der Waals surface area (Å²) in [5, 5.41) is 3.64. The molecular weight excluding hydrogens is 338 g/mol. The predicted octanol–water partition coefficient (Wildman–Crippen LogP) is 2.68. The lowest BCUT2D eigenvalue weighted by molar-refractivity contribution is -0.139. The van der Waals surface area contributed by atoms with Crippen LogP contribution < -0.4 is 10.7 Å². The van der Waals surface area contributed by atoms with Crippen molar-refractivity contribution < 1.29 is 14.4 Å². The van der Waals surface area contributed by atoms with Crippen LogP contribution >= 0.6 is 11.8 Å². The SMILES string of the molecule is Cc1ccc(C)c(SCC(=O)NN2C(=O)NC3(CCCCC3)C2=O)c1. The Balaban J connectivity index is 1.60. The van der Waals surface area contributed by atoms with Crippen LogP contribution in [0, 0.1) is 13.8 Å². The van der Waals surface area contributed by atoms with Gasteiger partial charge in [0.15, 0.2) is 0 Å². The van der Waals surface area contributed by atoms with Gasteiger partial charge >= 0.3 is 6.03 Å². The van der Waals surface area contributed by atoms with Gasteiger partial charge in [-0.3, -0.25) is 15.0 Å². The third kappa shape index (κ3) is 3.66. The minimum Gasteiger partial charge on any atom is -0.322 e. The highest BCUT2D eigenvalue weighted by Crippen LogP contribution is 2.33. The van der Waals surface area contributed by atoms with E-state index in [9.17, 15) is 14.4 Å². The highest BCUT2D eigenvalue weighted by molar-refractivity contribution is 8.00. The highest BCUT2D eigenvalue weighted by atomic mass is 32.2. The third-order valence-electron chi connectivity index (χ3n) is 4.81. The Morgan fingerprint density at radius 1 is 1.24 bits per heavy atom. The van der Waals surface area contributed by atoms with E-state index in [1.165, 1.54) is 11.8 Å². The molecule has 7 heteroatoms. The molecule has 6 nitrogen and oxygen atoms in total. The van der Waals surface area contributed by atoms with Gasteiger partial charge in [0.2, 0.25) is 5.91 Å². The number of rotatable bonds is 4. The molecule has 25 heavy (non-hydrogen) atoms. The number of hydrazine groups is 1. The molecule has 0 atom stereocenters. The van der Waals surface area contributed by atoms with Crippen molar-refractivity contribution in [2.24, 2.45) is 0 Å². The Morgan fingerprint density at radius 3 is 2.68 bits per heavy atom. The van der Waals surface area contributed by atoms with Crippen molar-refractivity contribution in [3.05, 3.63) is 29.3 Å². The van der Waals surface area contributed by atoms with Crippen LogP contribution in [0.25, 0.3) is 0 Å². The van der Waals surface area contributed by atoms with Gasteiger partial charge in [0.05, 0.1) is 5.75 Å². The Labute approximate surface area is 151 Å². The number of hydrogen-bond acceptors (Lipinski definition) is 4. The number of aryl methyl sites for hydroxylation is 2. The zero-order valence-corrected chi connectivity index (χ0v) is 15.4. The number of hydrogen-bond donors (Lipinski definition) is 2. The number of carbonyl (C=O) groups excluding carboxylic acids is 3. The summed E-state index contributed by atoms with van der Waals surface area (Å²) < 4.78 is 0. The van der Waals surface area contributed by atoms with Crippen molar-refractivity contribution in [2.45, 2.75) is 56.4 Å². The first kappa shape index (κ1) is 17.8. The second-order valence-corrected chi connectivity index (χ2v) is 7.82. The lowest BCUT2D eigenvalue weighted by atomic mass is 9.82. The van der Waals surface area contributed by atoms with E-state index in [1.807, 2.05) is 32.0 Å². The number of urea groups is 1. The van der Waals surface area contributed by atoms with Crippen LogP contribution in [0.1, 0.15) is 43.2 Å². The van der Waals surface area contributed by atoms with Gasteiger partial charge in [-0.2, -0.15) is 5.01 Å². The van der Waals surface area contributed by atoms with Crippen LogP contribution in [0.4, 0.5) is 4.79 Å². The monoisotopic (exact) mass is 361 g/mol. The standard InChI is InChI=1S/C18H23N3O3S/c1-12-6-7-13(2)14(10-12)25-11-15(22)20-21-16(23)18(19-17(21)24)8-4-3-5-9-18/h6-7,10H,3-5,8-9,11H2,1-2H3,(H,19,24)(H,20,22). The molecule has 134 valence electrons. The maximum Gasteiger partial charge on any atom is 0.344 e. The van der Waals surface area contributed by atoms with Crippen molar-refractivity contribution in [1.82, 2.24) is 15.8 Å². The van der Waals surface area contributed by atoms with E-state index in [1.54, 1.807) is 0 Å². The van der Waals surface area contributed by atoms with Crippen molar-refractivity contribution in [1.29, 1.82) is 0 Å². The fourth-order valence-corrected chi connectivity index (χ4v) is 4.30. The molecule has 1 spiro atoms. The Morgan fingerprint density at radius 2 is 1.96 bits per heavy atom. The summed E-state index contributed by atoms with van der Waals surface area (Å²) >= 11 is 1.40. The molecule has 1 aliphatic carbocycles. The first-order valence-corrected chi connectivity index (χ1v) is 9.56. The Kier molecular flexibility index (Phi) is 5.03. The summed E-state index contributed by atoms with van der Waals surface area (Å²) in [6.45, 7) is 3.99. The Bertz CT molecular complexity index is 714. The van der Waals surface area contributed by atoms with E-state index in [0.29, 0.717) is 12.8 Å². The van der Waals surface area contributed by atoms with Crippen LogP contribution in [0.15, 0.2) is 23.1 Å². The first-order chi connectivity index (χ1) is 11.9. The maximum atomic E-state index is 12.6. The molecule has 1 aromatic rings. The summed E-state index contributed by atoms with van der Waals surface area (Å²) in [5.41, 5.74) is 3.87. The normalized spacial score (nSPS) is 19.2.